The Labute approximate surface area is 185 Å². The van der Waals surface area contributed by atoms with Crippen molar-refractivity contribution in [3.8, 4) is 34.3 Å². The number of benzene rings is 3. The highest BCUT2D eigenvalue weighted by Gasteiger charge is 2.16. The molecule has 0 aliphatic rings. The number of aryl methyl sites for hydroxylation is 1. The number of hydrogen-bond donors (Lipinski definition) is 0. The van der Waals surface area contributed by atoms with Gasteiger partial charge in [0.2, 0.25) is 5.75 Å². The quantitative estimate of drug-likeness (QED) is 0.391. The molecule has 4 rings (SSSR count). The van der Waals surface area contributed by atoms with Crippen LogP contribution in [0, 0.1) is 6.92 Å². The minimum atomic E-state index is -0.170. The maximum Gasteiger partial charge on any atom is 0.203 e. The van der Waals surface area contributed by atoms with Crippen molar-refractivity contribution in [2.24, 2.45) is 0 Å². The van der Waals surface area contributed by atoms with E-state index in [0.29, 0.717) is 51.9 Å². The van der Waals surface area contributed by atoms with Crippen LogP contribution >= 0.6 is 0 Å². The average molecular weight is 432 g/mol. The fourth-order valence-electron chi connectivity index (χ4n) is 3.56. The lowest BCUT2D eigenvalue weighted by atomic mass is 10.1. The highest BCUT2D eigenvalue weighted by atomic mass is 16.5. The van der Waals surface area contributed by atoms with Crippen molar-refractivity contribution in [3.05, 3.63) is 82.0 Å². The summed E-state index contributed by atoms with van der Waals surface area (Å²) in [6, 6.07) is 18.3. The minimum Gasteiger partial charge on any atom is -0.493 e. The second kappa shape index (κ2) is 9.06. The Balaban J connectivity index is 1.68. The predicted molar refractivity (Wildman–Crippen MR) is 123 cm³/mol. The number of ether oxygens (including phenoxy) is 4. The summed E-state index contributed by atoms with van der Waals surface area (Å²) in [4.78, 5) is 12.9. The van der Waals surface area contributed by atoms with Gasteiger partial charge in [-0.1, -0.05) is 29.8 Å². The Hall–Kier alpha value is -3.93. The van der Waals surface area contributed by atoms with E-state index in [1.165, 1.54) is 33.0 Å². The monoisotopic (exact) mass is 432 g/mol. The number of fused-ring (bicyclic) bond motifs is 1. The lowest BCUT2D eigenvalue weighted by Crippen LogP contribution is -2.02. The van der Waals surface area contributed by atoms with E-state index in [9.17, 15) is 4.79 Å². The molecule has 0 saturated carbocycles. The van der Waals surface area contributed by atoms with Gasteiger partial charge in [0.05, 0.1) is 26.7 Å². The van der Waals surface area contributed by atoms with Crippen molar-refractivity contribution in [1.82, 2.24) is 0 Å². The van der Waals surface area contributed by atoms with Crippen LogP contribution in [0.1, 0.15) is 11.1 Å². The Morgan fingerprint density at radius 3 is 2.25 bits per heavy atom. The maximum absolute atomic E-state index is 12.9. The molecule has 1 aromatic heterocycles. The fraction of sp³-hybridized carbons (Fsp3) is 0.192. The summed E-state index contributed by atoms with van der Waals surface area (Å²) in [5.74, 6) is 2.42. The first kappa shape index (κ1) is 21.3. The predicted octanol–water partition coefficient (Wildman–Crippen LogP) is 5.37. The number of methoxy groups -OCH3 is 3. The van der Waals surface area contributed by atoms with E-state index in [2.05, 4.69) is 6.07 Å². The molecule has 0 bridgehead atoms. The third-order valence-electron chi connectivity index (χ3n) is 5.14. The van der Waals surface area contributed by atoms with Gasteiger partial charge in [-0.05, 0) is 42.8 Å². The second-order valence-electron chi connectivity index (χ2n) is 7.32. The summed E-state index contributed by atoms with van der Waals surface area (Å²) in [7, 11) is 4.61. The number of rotatable bonds is 7. The molecule has 0 fully saturated rings. The molecule has 0 saturated heterocycles. The van der Waals surface area contributed by atoms with E-state index in [0.717, 1.165) is 5.56 Å². The van der Waals surface area contributed by atoms with Gasteiger partial charge in [-0.2, -0.15) is 0 Å². The molecule has 0 aliphatic heterocycles. The van der Waals surface area contributed by atoms with Crippen LogP contribution in [-0.2, 0) is 6.61 Å². The molecule has 1 heterocycles. The topological polar surface area (TPSA) is 67.1 Å². The molecule has 32 heavy (non-hydrogen) atoms. The Bertz CT molecular complexity index is 1300. The van der Waals surface area contributed by atoms with Crippen LogP contribution in [0.4, 0.5) is 0 Å². The SMILES string of the molecule is COc1cc(-c2cc(=O)c3cc(OCc4cccc(C)c4)ccc3o2)cc(OC)c1OC. The zero-order valence-electron chi connectivity index (χ0n) is 18.4. The van der Waals surface area contributed by atoms with Crippen LogP contribution in [0.3, 0.4) is 0 Å². The lowest BCUT2D eigenvalue weighted by Gasteiger charge is -2.14. The van der Waals surface area contributed by atoms with Gasteiger partial charge in [0.1, 0.15) is 23.7 Å². The molecule has 0 unspecified atom stereocenters. The van der Waals surface area contributed by atoms with E-state index < -0.39 is 0 Å². The first-order valence-electron chi connectivity index (χ1n) is 10.1. The van der Waals surface area contributed by atoms with Crippen molar-refractivity contribution >= 4 is 11.0 Å². The lowest BCUT2D eigenvalue weighted by molar-refractivity contribution is 0.306. The van der Waals surface area contributed by atoms with E-state index in [1.807, 2.05) is 25.1 Å². The van der Waals surface area contributed by atoms with Crippen LogP contribution in [0.2, 0.25) is 0 Å². The van der Waals surface area contributed by atoms with Gasteiger partial charge in [0.25, 0.3) is 0 Å². The summed E-state index contributed by atoms with van der Waals surface area (Å²) in [6.07, 6.45) is 0. The fourth-order valence-corrected chi connectivity index (χ4v) is 3.56. The Kier molecular flexibility index (Phi) is 6.03. The summed E-state index contributed by atoms with van der Waals surface area (Å²) >= 11 is 0. The molecule has 6 heteroatoms. The van der Waals surface area contributed by atoms with Gasteiger partial charge in [-0.3, -0.25) is 4.79 Å². The largest absolute Gasteiger partial charge is 0.493 e. The average Bonchev–Trinajstić information content (AvgIpc) is 2.81. The maximum atomic E-state index is 12.9. The molecule has 0 aliphatic carbocycles. The molecule has 0 spiro atoms. The minimum absolute atomic E-state index is 0.170. The van der Waals surface area contributed by atoms with Crippen LogP contribution in [0.5, 0.6) is 23.0 Å². The summed E-state index contributed by atoms with van der Waals surface area (Å²) in [6.45, 7) is 2.46. The van der Waals surface area contributed by atoms with Crippen molar-refractivity contribution in [2.45, 2.75) is 13.5 Å². The van der Waals surface area contributed by atoms with Gasteiger partial charge in [-0.25, -0.2) is 0 Å². The molecular weight excluding hydrogens is 408 g/mol. The van der Waals surface area contributed by atoms with E-state index >= 15 is 0 Å². The third kappa shape index (κ3) is 4.25. The zero-order valence-corrected chi connectivity index (χ0v) is 18.4. The van der Waals surface area contributed by atoms with Crippen molar-refractivity contribution in [2.75, 3.05) is 21.3 Å². The molecule has 0 N–H and O–H groups in total. The first-order valence-corrected chi connectivity index (χ1v) is 10.1. The summed E-state index contributed by atoms with van der Waals surface area (Å²) in [5.41, 5.74) is 3.16. The molecule has 0 radical (unpaired) electrons. The molecular formula is C26H24O6. The number of hydrogen-bond acceptors (Lipinski definition) is 6. The van der Waals surface area contributed by atoms with Crippen molar-refractivity contribution < 1.29 is 23.4 Å². The van der Waals surface area contributed by atoms with Gasteiger partial charge < -0.3 is 23.4 Å². The molecule has 6 nitrogen and oxygen atoms in total. The molecule has 4 aromatic rings. The van der Waals surface area contributed by atoms with Crippen LogP contribution in [0.25, 0.3) is 22.3 Å². The molecule has 0 atom stereocenters. The second-order valence-corrected chi connectivity index (χ2v) is 7.32. The standard InChI is InChI=1S/C26H24O6/c1-16-6-5-7-17(10-16)15-31-19-8-9-22-20(13-19)21(27)14-23(32-22)18-11-24(28-2)26(30-4)25(12-18)29-3/h5-14H,15H2,1-4H3. The van der Waals surface area contributed by atoms with Gasteiger partial charge in [0, 0.05) is 11.6 Å². The Morgan fingerprint density at radius 1 is 0.844 bits per heavy atom. The van der Waals surface area contributed by atoms with Crippen molar-refractivity contribution in [1.29, 1.82) is 0 Å². The van der Waals surface area contributed by atoms with Crippen LogP contribution in [-0.4, -0.2) is 21.3 Å². The van der Waals surface area contributed by atoms with Crippen molar-refractivity contribution in [3.63, 3.8) is 0 Å². The normalized spacial score (nSPS) is 10.8. The van der Waals surface area contributed by atoms with Crippen LogP contribution < -0.4 is 24.4 Å². The first-order chi connectivity index (χ1) is 15.5. The highest BCUT2D eigenvalue weighted by Crippen LogP contribution is 2.41. The third-order valence-corrected chi connectivity index (χ3v) is 5.14. The van der Waals surface area contributed by atoms with E-state index in [1.54, 1.807) is 30.3 Å². The molecule has 3 aromatic carbocycles. The molecule has 0 amide bonds. The highest BCUT2D eigenvalue weighted by molar-refractivity contribution is 5.80. The molecule has 164 valence electrons. The summed E-state index contributed by atoms with van der Waals surface area (Å²) in [5, 5.41) is 0.447. The smallest absolute Gasteiger partial charge is 0.203 e. The van der Waals surface area contributed by atoms with Gasteiger partial charge in [-0.15, -0.1) is 0 Å². The Morgan fingerprint density at radius 2 is 1.59 bits per heavy atom. The summed E-state index contributed by atoms with van der Waals surface area (Å²) < 4.78 is 28.1. The van der Waals surface area contributed by atoms with Gasteiger partial charge in [0.15, 0.2) is 16.9 Å². The van der Waals surface area contributed by atoms with E-state index in [-0.39, 0.29) is 5.43 Å². The zero-order chi connectivity index (χ0) is 22.7. The van der Waals surface area contributed by atoms with Crippen LogP contribution in [0.15, 0.2) is 69.9 Å². The van der Waals surface area contributed by atoms with Gasteiger partial charge >= 0.3 is 0 Å². The van der Waals surface area contributed by atoms with E-state index in [4.69, 9.17) is 23.4 Å².